The van der Waals surface area contributed by atoms with E-state index in [1.807, 2.05) is 6.07 Å². The normalized spacial score (nSPS) is 11.4. The van der Waals surface area contributed by atoms with Gasteiger partial charge in [0.1, 0.15) is 0 Å². The first-order valence-corrected chi connectivity index (χ1v) is 4.97. The van der Waals surface area contributed by atoms with Gasteiger partial charge in [-0.15, -0.1) is 0 Å². The van der Waals surface area contributed by atoms with Crippen LogP contribution in [0.25, 0.3) is 11.2 Å². The number of hydrogen-bond donors (Lipinski definition) is 2. The van der Waals surface area contributed by atoms with Gasteiger partial charge in [0, 0.05) is 25.8 Å². The van der Waals surface area contributed by atoms with Crippen LogP contribution < -0.4 is 5.73 Å². The third kappa shape index (κ3) is 2.14. The largest absolute Gasteiger partial charge is 0.343 e. The Labute approximate surface area is 88.3 Å². The molecule has 0 unspecified atom stereocenters. The van der Waals surface area contributed by atoms with Gasteiger partial charge in [0.25, 0.3) is 0 Å². The molecule has 0 fully saturated rings. The molecule has 5 nitrogen and oxygen atoms in total. The van der Waals surface area contributed by atoms with Gasteiger partial charge in [0.2, 0.25) is 0 Å². The number of rotatable bonds is 4. The van der Waals surface area contributed by atoms with E-state index in [-0.39, 0.29) is 0 Å². The third-order valence-electron chi connectivity index (χ3n) is 2.36. The number of aromatic amines is 1. The number of nitrogens with one attached hydrogen (secondary N) is 1. The second-order valence-corrected chi connectivity index (χ2v) is 3.60. The Morgan fingerprint density at radius 3 is 3.13 bits per heavy atom. The lowest BCUT2D eigenvalue weighted by Gasteiger charge is -2.15. The van der Waals surface area contributed by atoms with Crippen molar-refractivity contribution in [2.75, 3.05) is 20.1 Å². The minimum absolute atomic E-state index is 0.674. The van der Waals surface area contributed by atoms with Crippen LogP contribution in [0.2, 0.25) is 0 Å². The number of nitrogens with zero attached hydrogens (tertiary/aromatic N) is 3. The maximum Gasteiger partial charge on any atom is 0.177 e. The average Bonchev–Trinajstić information content (AvgIpc) is 2.67. The van der Waals surface area contributed by atoms with Crippen LogP contribution in [0.3, 0.4) is 0 Å². The highest BCUT2D eigenvalue weighted by atomic mass is 15.1. The summed E-state index contributed by atoms with van der Waals surface area (Å²) >= 11 is 0. The van der Waals surface area contributed by atoms with Crippen molar-refractivity contribution in [2.24, 2.45) is 5.73 Å². The van der Waals surface area contributed by atoms with Gasteiger partial charge in [-0.25, -0.2) is 9.97 Å². The van der Waals surface area contributed by atoms with Crippen molar-refractivity contribution in [3.05, 3.63) is 24.2 Å². The Morgan fingerprint density at radius 1 is 1.47 bits per heavy atom. The van der Waals surface area contributed by atoms with E-state index in [1.165, 1.54) is 5.56 Å². The number of hydrogen-bond acceptors (Lipinski definition) is 4. The molecule has 0 bridgehead atoms. The molecule has 2 heterocycles. The summed E-state index contributed by atoms with van der Waals surface area (Å²) in [7, 11) is 2.05. The number of aromatic nitrogens is 3. The second kappa shape index (κ2) is 4.37. The van der Waals surface area contributed by atoms with Crippen molar-refractivity contribution in [1.82, 2.24) is 19.9 Å². The van der Waals surface area contributed by atoms with E-state index in [4.69, 9.17) is 5.73 Å². The predicted octanol–water partition coefficient (Wildman–Crippen LogP) is 0.348. The molecule has 2 aromatic heterocycles. The molecule has 0 aromatic carbocycles. The number of pyridine rings is 1. The molecule has 0 saturated heterocycles. The Kier molecular flexibility index (Phi) is 2.94. The fourth-order valence-corrected chi connectivity index (χ4v) is 1.62. The monoisotopic (exact) mass is 205 g/mol. The van der Waals surface area contributed by atoms with Gasteiger partial charge >= 0.3 is 0 Å². The van der Waals surface area contributed by atoms with Crippen LogP contribution >= 0.6 is 0 Å². The van der Waals surface area contributed by atoms with Crippen LogP contribution in [-0.2, 0) is 6.54 Å². The number of likely N-dealkylation sites (N-methyl/N-ethyl adjacent to an activating group) is 1. The van der Waals surface area contributed by atoms with Crippen molar-refractivity contribution in [2.45, 2.75) is 6.54 Å². The highest BCUT2D eigenvalue weighted by molar-refractivity contribution is 5.73. The van der Waals surface area contributed by atoms with Gasteiger partial charge in [-0.3, -0.25) is 0 Å². The maximum absolute atomic E-state index is 5.50. The molecule has 0 aliphatic carbocycles. The van der Waals surface area contributed by atoms with Gasteiger partial charge in [-0.2, -0.15) is 0 Å². The molecule has 2 rings (SSSR count). The van der Waals surface area contributed by atoms with E-state index >= 15 is 0 Å². The summed E-state index contributed by atoms with van der Waals surface area (Å²) in [4.78, 5) is 13.6. The van der Waals surface area contributed by atoms with Crippen LogP contribution in [-0.4, -0.2) is 40.0 Å². The van der Waals surface area contributed by atoms with Crippen molar-refractivity contribution in [3.63, 3.8) is 0 Å². The molecular formula is C10H15N5. The Bertz CT molecular complexity index is 436. The molecule has 0 radical (unpaired) electrons. The molecule has 0 amide bonds. The highest BCUT2D eigenvalue weighted by Gasteiger charge is 2.05. The molecule has 0 atom stereocenters. The second-order valence-electron chi connectivity index (χ2n) is 3.60. The van der Waals surface area contributed by atoms with Crippen LogP contribution in [0.15, 0.2) is 18.6 Å². The van der Waals surface area contributed by atoms with Crippen molar-refractivity contribution < 1.29 is 0 Å². The number of nitrogens with two attached hydrogens (primary N) is 1. The summed E-state index contributed by atoms with van der Waals surface area (Å²) in [6.07, 6.45) is 3.46. The van der Waals surface area contributed by atoms with E-state index in [0.717, 1.165) is 24.3 Å². The van der Waals surface area contributed by atoms with Crippen molar-refractivity contribution in [3.8, 4) is 0 Å². The van der Waals surface area contributed by atoms with Crippen LogP contribution in [0.5, 0.6) is 0 Å². The minimum Gasteiger partial charge on any atom is -0.343 e. The van der Waals surface area contributed by atoms with Gasteiger partial charge in [0.05, 0.1) is 11.8 Å². The molecule has 15 heavy (non-hydrogen) atoms. The average molecular weight is 205 g/mol. The summed E-state index contributed by atoms with van der Waals surface area (Å²) in [5.74, 6) is 0. The molecule has 0 aliphatic rings. The maximum atomic E-state index is 5.50. The third-order valence-corrected chi connectivity index (χ3v) is 2.36. The molecule has 0 saturated carbocycles. The molecule has 2 aromatic rings. The molecule has 0 spiro atoms. The van der Waals surface area contributed by atoms with Crippen LogP contribution in [0, 0.1) is 0 Å². The molecule has 0 aliphatic heterocycles. The van der Waals surface area contributed by atoms with E-state index in [2.05, 4.69) is 26.9 Å². The van der Waals surface area contributed by atoms with E-state index in [1.54, 1.807) is 12.5 Å². The fourth-order valence-electron chi connectivity index (χ4n) is 1.62. The molecule has 3 N–H and O–H groups in total. The number of fused-ring (bicyclic) bond motifs is 1. The standard InChI is InChI=1S/C10H15N5/c1-15(5-3-11)6-8-2-4-12-10-9(8)13-7-14-10/h2,4,7H,3,5-6,11H2,1H3,(H,12,13,14). The molecule has 5 heteroatoms. The van der Waals surface area contributed by atoms with Gasteiger partial charge < -0.3 is 15.6 Å². The summed E-state index contributed by atoms with van der Waals surface area (Å²) in [6.45, 7) is 2.42. The van der Waals surface area contributed by atoms with Gasteiger partial charge in [-0.05, 0) is 18.7 Å². The molecular weight excluding hydrogens is 190 g/mol. The highest BCUT2D eigenvalue weighted by Crippen LogP contribution is 2.13. The summed E-state index contributed by atoms with van der Waals surface area (Å²) < 4.78 is 0. The summed E-state index contributed by atoms with van der Waals surface area (Å²) in [6, 6.07) is 2.01. The summed E-state index contributed by atoms with van der Waals surface area (Å²) in [5, 5.41) is 0. The van der Waals surface area contributed by atoms with Gasteiger partial charge in [0.15, 0.2) is 5.65 Å². The van der Waals surface area contributed by atoms with Crippen molar-refractivity contribution in [1.29, 1.82) is 0 Å². The zero-order chi connectivity index (χ0) is 10.7. The smallest absolute Gasteiger partial charge is 0.177 e. The lowest BCUT2D eigenvalue weighted by Crippen LogP contribution is -2.25. The Morgan fingerprint density at radius 2 is 2.33 bits per heavy atom. The number of imidazole rings is 1. The minimum atomic E-state index is 0.674. The quantitative estimate of drug-likeness (QED) is 0.755. The zero-order valence-corrected chi connectivity index (χ0v) is 8.77. The lowest BCUT2D eigenvalue weighted by atomic mass is 10.2. The first kappa shape index (κ1) is 10.1. The van der Waals surface area contributed by atoms with E-state index < -0.39 is 0 Å². The lowest BCUT2D eigenvalue weighted by molar-refractivity contribution is 0.337. The predicted molar refractivity (Wildman–Crippen MR) is 59.3 cm³/mol. The topological polar surface area (TPSA) is 70.8 Å². The van der Waals surface area contributed by atoms with Gasteiger partial charge in [-0.1, -0.05) is 0 Å². The van der Waals surface area contributed by atoms with Crippen LogP contribution in [0.1, 0.15) is 5.56 Å². The number of H-pyrrole nitrogens is 1. The zero-order valence-electron chi connectivity index (χ0n) is 8.77. The Hall–Kier alpha value is -1.46. The van der Waals surface area contributed by atoms with E-state index in [0.29, 0.717) is 6.54 Å². The SMILES string of the molecule is CN(CCN)Cc1ccnc2nc[nH]c12. The Balaban J connectivity index is 2.23. The van der Waals surface area contributed by atoms with E-state index in [9.17, 15) is 0 Å². The van der Waals surface area contributed by atoms with Crippen molar-refractivity contribution >= 4 is 11.2 Å². The first-order chi connectivity index (χ1) is 7.31. The first-order valence-electron chi connectivity index (χ1n) is 4.97. The summed E-state index contributed by atoms with van der Waals surface area (Å²) in [5.41, 5.74) is 8.49. The fraction of sp³-hybridized carbons (Fsp3) is 0.400. The van der Waals surface area contributed by atoms with Crippen LogP contribution in [0.4, 0.5) is 0 Å². The molecule has 80 valence electrons.